The van der Waals surface area contributed by atoms with Crippen molar-refractivity contribution >= 4 is 27.3 Å². The standard InChI is InChI=1S/C14H15NO4S2/c1-10-3-4-12(7-13(10)14(16)17)21(18,19)15(2)8-11-5-6-20-9-11/h3-7,9H,8H2,1-2H3,(H,16,17). The van der Waals surface area contributed by atoms with E-state index in [0.29, 0.717) is 5.56 Å². The number of sulfonamides is 1. The van der Waals surface area contributed by atoms with E-state index in [1.807, 2.05) is 16.8 Å². The molecule has 0 unspecified atom stereocenters. The minimum absolute atomic E-state index is 0.00000772. The predicted octanol–water partition coefficient (Wildman–Crippen LogP) is 2.58. The van der Waals surface area contributed by atoms with E-state index in [4.69, 9.17) is 5.11 Å². The van der Waals surface area contributed by atoms with Crippen LogP contribution in [0.25, 0.3) is 0 Å². The van der Waals surface area contributed by atoms with Crippen LogP contribution in [0.5, 0.6) is 0 Å². The molecule has 0 saturated heterocycles. The normalized spacial score (nSPS) is 11.8. The number of carbonyl (C=O) groups is 1. The second-order valence-corrected chi connectivity index (χ2v) is 7.50. The molecular formula is C14H15NO4S2. The van der Waals surface area contributed by atoms with Crippen LogP contribution in [0.2, 0.25) is 0 Å². The van der Waals surface area contributed by atoms with Crippen molar-refractivity contribution in [2.24, 2.45) is 0 Å². The fourth-order valence-electron chi connectivity index (χ4n) is 1.90. The van der Waals surface area contributed by atoms with Gasteiger partial charge in [0.1, 0.15) is 0 Å². The molecule has 0 amide bonds. The number of nitrogens with zero attached hydrogens (tertiary/aromatic N) is 1. The Balaban J connectivity index is 2.35. The zero-order valence-electron chi connectivity index (χ0n) is 11.6. The van der Waals surface area contributed by atoms with Crippen molar-refractivity contribution in [1.29, 1.82) is 0 Å². The van der Waals surface area contributed by atoms with E-state index < -0.39 is 16.0 Å². The molecule has 0 aliphatic heterocycles. The summed E-state index contributed by atoms with van der Waals surface area (Å²) < 4.78 is 26.2. The molecular weight excluding hydrogens is 310 g/mol. The van der Waals surface area contributed by atoms with Crippen molar-refractivity contribution in [1.82, 2.24) is 4.31 Å². The molecule has 0 fully saturated rings. The molecule has 1 N–H and O–H groups in total. The molecule has 0 aliphatic rings. The van der Waals surface area contributed by atoms with E-state index in [2.05, 4.69) is 0 Å². The van der Waals surface area contributed by atoms with Gasteiger partial charge in [-0.05, 0) is 47.0 Å². The molecule has 5 nitrogen and oxygen atoms in total. The smallest absolute Gasteiger partial charge is 0.335 e. The molecule has 0 radical (unpaired) electrons. The minimum atomic E-state index is -3.71. The van der Waals surface area contributed by atoms with Gasteiger partial charge in [-0.1, -0.05) is 6.07 Å². The second-order valence-electron chi connectivity index (χ2n) is 4.67. The van der Waals surface area contributed by atoms with Crippen molar-refractivity contribution in [2.45, 2.75) is 18.4 Å². The Labute approximate surface area is 127 Å². The molecule has 0 atom stereocenters. The number of aryl methyl sites for hydroxylation is 1. The van der Waals surface area contributed by atoms with Gasteiger partial charge in [0.05, 0.1) is 10.5 Å². The lowest BCUT2D eigenvalue weighted by Crippen LogP contribution is -2.26. The first kappa shape index (κ1) is 15.7. The number of rotatable bonds is 5. The summed E-state index contributed by atoms with van der Waals surface area (Å²) in [6.07, 6.45) is 0. The topological polar surface area (TPSA) is 74.7 Å². The first-order chi connectivity index (χ1) is 9.82. The van der Waals surface area contributed by atoms with Crippen LogP contribution in [0.15, 0.2) is 39.9 Å². The van der Waals surface area contributed by atoms with Gasteiger partial charge in [0, 0.05) is 13.6 Å². The molecule has 0 bridgehead atoms. The van der Waals surface area contributed by atoms with E-state index in [0.717, 1.165) is 5.56 Å². The summed E-state index contributed by atoms with van der Waals surface area (Å²) in [5.41, 5.74) is 1.43. The summed E-state index contributed by atoms with van der Waals surface area (Å²) in [5, 5.41) is 12.9. The van der Waals surface area contributed by atoms with Crippen molar-refractivity contribution in [2.75, 3.05) is 7.05 Å². The highest BCUT2D eigenvalue weighted by Gasteiger charge is 2.23. The maximum Gasteiger partial charge on any atom is 0.335 e. The molecule has 0 saturated carbocycles. The molecule has 0 spiro atoms. The van der Waals surface area contributed by atoms with Gasteiger partial charge < -0.3 is 5.11 Å². The van der Waals surface area contributed by atoms with Gasteiger partial charge in [-0.2, -0.15) is 15.6 Å². The molecule has 1 heterocycles. The van der Waals surface area contributed by atoms with E-state index in [-0.39, 0.29) is 17.0 Å². The Morgan fingerprint density at radius 1 is 1.33 bits per heavy atom. The molecule has 21 heavy (non-hydrogen) atoms. The zero-order chi connectivity index (χ0) is 15.6. The fourth-order valence-corrected chi connectivity index (χ4v) is 3.74. The summed E-state index contributed by atoms with van der Waals surface area (Å²) in [6.45, 7) is 1.89. The molecule has 1 aromatic heterocycles. The Bertz CT molecular complexity index is 751. The van der Waals surface area contributed by atoms with Gasteiger partial charge in [0.15, 0.2) is 0 Å². The van der Waals surface area contributed by atoms with Crippen molar-refractivity contribution in [3.8, 4) is 0 Å². The Kier molecular flexibility index (Phi) is 4.46. The van der Waals surface area contributed by atoms with Crippen LogP contribution in [0.1, 0.15) is 21.5 Å². The molecule has 7 heteroatoms. The van der Waals surface area contributed by atoms with Crippen LogP contribution < -0.4 is 0 Å². The number of aromatic carboxylic acids is 1. The molecule has 2 aromatic rings. The van der Waals surface area contributed by atoms with E-state index >= 15 is 0 Å². The van der Waals surface area contributed by atoms with Gasteiger partial charge >= 0.3 is 5.97 Å². The van der Waals surface area contributed by atoms with Gasteiger partial charge in [0.25, 0.3) is 0 Å². The third-order valence-corrected chi connectivity index (χ3v) is 5.66. The Morgan fingerprint density at radius 3 is 2.62 bits per heavy atom. The van der Waals surface area contributed by atoms with E-state index in [1.165, 1.54) is 40.9 Å². The number of hydrogen-bond acceptors (Lipinski definition) is 4. The minimum Gasteiger partial charge on any atom is -0.478 e. The van der Waals surface area contributed by atoms with Gasteiger partial charge in [0.2, 0.25) is 10.0 Å². The lowest BCUT2D eigenvalue weighted by Gasteiger charge is -2.17. The van der Waals surface area contributed by atoms with Crippen LogP contribution in [-0.4, -0.2) is 30.8 Å². The Hall–Kier alpha value is -1.70. The summed E-state index contributed by atoms with van der Waals surface area (Å²) in [7, 11) is -2.23. The largest absolute Gasteiger partial charge is 0.478 e. The lowest BCUT2D eigenvalue weighted by molar-refractivity contribution is 0.0696. The summed E-state index contributed by atoms with van der Waals surface area (Å²) in [4.78, 5) is 11.1. The number of benzene rings is 1. The Morgan fingerprint density at radius 2 is 2.05 bits per heavy atom. The highest BCUT2D eigenvalue weighted by molar-refractivity contribution is 7.89. The summed E-state index contributed by atoms with van der Waals surface area (Å²) in [6, 6.07) is 6.00. The van der Waals surface area contributed by atoms with E-state index in [1.54, 1.807) is 6.92 Å². The third kappa shape index (κ3) is 3.31. The summed E-state index contributed by atoms with van der Waals surface area (Å²) in [5.74, 6) is -1.13. The van der Waals surface area contributed by atoms with Crippen molar-refractivity contribution in [3.63, 3.8) is 0 Å². The average Bonchev–Trinajstić information content (AvgIpc) is 2.91. The first-order valence-corrected chi connectivity index (χ1v) is 8.52. The molecule has 112 valence electrons. The first-order valence-electron chi connectivity index (χ1n) is 6.13. The zero-order valence-corrected chi connectivity index (χ0v) is 13.2. The third-order valence-electron chi connectivity index (χ3n) is 3.13. The van der Waals surface area contributed by atoms with Crippen LogP contribution in [0.4, 0.5) is 0 Å². The van der Waals surface area contributed by atoms with Crippen LogP contribution in [0.3, 0.4) is 0 Å². The maximum absolute atomic E-state index is 12.5. The number of carboxylic acid groups (broad SMARTS) is 1. The van der Waals surface area contributed by atoms with Crippen LogP contribution in [-0.2, 0) is 16.6 Å². The SMILES string of the molecule is Cc1ccc(S(=O)(=O)N(C)Cc2ccsc2)cc1C(=O)O. The maximum atomic E-state index is 12.5. The van der Waals surface area contributed by atoms with Crippen molar-refractivity contribution < 1.29 is 18.3 Å². The number of carboxylic acids is 1. The molecule has 1 aromatic carbocycles. The van der Waals surface area contributed by atoms with Gasteiger partial charge in [-0.25, -0.2) is 13.2 Å². The highest BCUT2D eigenvalue weighted by atomic mass is 32.2. The van der Waals surface area contributed by atoms with Crippen molar-refractivity contribution in [3.05, 3.63) is 51.7 Å². The number of thiophene rings is 1. The fraction of sp³-hybridized carbons (Fsp3) is 0.214. The number of hydrogen-bond donors (Lipinski definition) is 1. The van der Waals surface area contributed by atoms with Gasteiger partial charge in [-0.3, -0.25) is 0 Å². The molecule has 2 rings (SSSR count). The van der Waals surface area contributed by atoms with Gasteiger partial charge in [-0.15, -0.1) is 0 Å². The second kappa shape index (κ2) is 5.97. The monoisotopic (exact) mass is 325 g/mol. The average molecular weight is 325 g/mol. The quantitative estimate of drug-likeness (QED) is 0.917. The lowest BCUT2D eigenvalue weighted by atomic mass is 10.1. The highest BCUT2D eigenvalue weighted by Crippen LogP contribution is 2.21. The van der Waals surface area contributed by atoms with Crippen LogP contribution >= 0.6 is 11.3 Å². The summed E-state index contributed by atoms with van der Waals surface area (Å²) >= 11 is 1.50. The van der Waals surface area contributed by atoms with Crippen LogP contribution in [0, 0.1) is 6.92 Å². The predicted molar refractivity (Wildman–Crippen MR) is 81.1 cm³/mol. The van der Waals surface area contributed by atoms with E-state index in [9.17, 15) is 13.2 Å². The molecule has 0 aliphatic carbocycles.